The van der Waals surface area contributed by atoms with E-state index < -0.39 is 0 Å². The van der Waals surface area contributed by atoms with E-state index in [-0.39, 0.29) is 6.23 Å². The molecule has 0 aromatic heterocycles. The van der Waals surface area contributed by atoms with Gasteiger partial charge in [-0.05, 0) is 31.6 Å². The molecule has 1 atom stereocenters. The fraction of sp³-hybridized carbons (Fsp3) is 0.760. The highest BCUT2D eigenvalue weighted by molar-refractivity contribution is 5.39. The summed E-state index contributed by atoms with van der Waals surface area (Å²) in [6.07, 6.45) is 0.753. The molecule has 200 valence electrons. The van der Waals surface area contributed by atoms with Crippen LogP contribution in [-0.2, 0) is 14.2 Å². The second kappa shape index (κ2) is 18.7. The van der Waals surface area contributed by atoms with E-state index in [0.717, 1.165) is 71.9 Å². The molecular formula is C25H45N5O5. The van der Waals surface area contributed by atoms with Crippen LogP contribution in [0.25, 0.3) is 0 Å². The third-order valence-electron chi connectivity index (χ3n) is 5.81. The Balaban J connectivity index is 1.46. The molecule has 3 rings (SSSR count). The Labute approximate surface area is 210 Å². The molecule has 1 aromatic carbocycles. The zero-order valence-electron chi connectivity index (χ0n) is 21.1. The molecule has 35 heavy (non-hydrogen) atoms. The zero-order chi connectivity index (χ0) is 24.2. The maximum Gasteiger partial charge on any atom is 0.173 e. The minimum absolute atomic E-state index is 0.275. The monoisotopic (exact) mass is 495 g/mol. The van der Waals surface area contributed by atoms with E-state index in [1.54, 1.807) is 0 Å². The lowest BCUT2D eigenvalue weighted by molar-refractivity contribution is -0.0104. The Hall–Kier alpha value is -1.50. The van der Waals surface area contributed by atoms with Gasteiger partial charge in [0.1, 0.15) is 6.61 Å². The SMILES string of the molecule is c1ccc2c(c1)OCCOCCOCCOCC(NCCCN1CCNCCNCCNCC1)O2. The highest BCUT2D eigenvalue weighted by Gasteiger charge is 2.14. The van der Waals surface area contributed by atoms with Crippen LogP contribution in [0, 0.1) is 0 Å². The molecule has 2 heterocycles. The van der Waals surface area contributed by atoms with Crippen LogP contribution in [0.4, 0.5) is 0 Å². The number of ether oxygens (including phenoxy) is 5. The predicted octanol–water partition coefficient (Wildman–Crippen LogP) is -0.102. The average molecular weight is 496 g/mol. The smallest absolute Gasteiger partial charge is 0.173 e. The van der Waals surface area contributed by atoms with Crippen molar-refractivity contribution in [1.29, 1.82) is 0 Å². The highest BCUT2D eigenvalue weighted by Crippen LogP contribution is 2.27. The molecule has 10 heteroatoms. The van der Waals surface area contributed by atoms with Gasteiger partial charge < -0.3 is 44.5 Å². The van der Waals surface area contributed by atoms with Crippen LogP contribution in [0.2, 0.25) is 0 Å². The molecule has 2 aliphatic heterocycles. The van der Waals surface area contributed by atoms with Crippen molar-refractivity contribution in [1.82, 2.24) is 26.2 Å². The lowest BCUT2D eigenvalue weighted by Gasteiger charge is -2.25. The molecule has 10 nitrogen and oxygen atoms in total. The van der Waals surface area contributed by atoms with Gasteiger partial charge in [0.15, 0.2) is 17.7 Å². The van der Waals surface area contributed by atoms with Gasteiger partial charge in [-0.15, -0.1) is 0 Å². The minimum Gasteiger partial charge on any atom is -0.487 e. The molecule has 1 aromatic rings. The van der Waals surface area contributed by atoms with Gasteiger partial charge in [0, 0.05) is 52.4 Å². The maximum absolute atomic E-state index is 6.27. The van der Waals surface area contributed by atoms with Crippen LogP contribution in [0.1, 0.15) is 6.42 Å². The van der Waals surface area contributed by atoms with Crippen LogP contribution < -0.4 is 30.7 Å². The van der Waals surface area contributed by atoms with Gasteiger partial charge >= 0.3 is 0 Å². The molecule has 1 unspecified atom stereocenters. The molecule has 0 bridgehead atoms. The van der Waals surface area contributed by atoms with Crippen molar-refractivity contribution in [3.05, 3.63) is 24.3 Å². The number of hydrogen-bond acceptors (Lipinski definition) is 10. The fourth-order valence-corrected chi connectivity index (χ4v) is 3.90. The molecule has 2 aliphatic rings. The van der Waals surface area contributed by atoms with Crippen molar-refractivity contribution >= 4 is 0 Å². The summed E-state index contributed by atoms with van der Waals surface area (Å²) in [5, 5.41) is 14.0. The molecule has 0 amide bonds. The van der Waals surface area contributed by atoms with Crippen molar-refractivity contribution < 1.29 is 23.7 Å². The topological polar surface area (TPSA) is 97.5 Å². The number of para-hydroxylation sites is 2. The molecule has 0 saturated carbocycles. The predicted molar refractivity (Wildman–Crippen MR) is 136 cm³/mol. The Kier molecular flexibility index (Phi) is 15.0. The first-order valence-electron chi connectivity index (χ1n) is 13.1. The molecule has 4 N–H and O–H groups in total. The lowest BCUT2D eigenvalue weighted by Crippen LogP contribution is -2.43. The summed E-state index contributed by atoms with van der Waals surface area (Å²) in [5.74, 6) is 1.41. The summed E-state index contributed by atoms with van der Waals surface area (Å²) in [6, 6.07) is 7.75. The summed E-state index contributed by atoms with van der Waals surface area (Å²) in [7, 11) is 0. The Morgan fingerprint density at radius 2 is 1.34 bits per heavy atom. The summed E-state index contributed by atoms with van der Waals surface area (Å²) >= 11 is 0. The summed E-state index contributed by atoms with van der Waals surface area (Å²) in [6.45, 7) is 13.6. The van der Waals surface area contributed by atoms with Crippen molar-refractivity contribution in [3.8, 4) is 11.5 Å². The molecule has 0 spiro atoms. The van der Waals surface area contributed by atoms with Crippen molar-refractivity contribution in [2.75, 3.05) is 112 Å². The first-order valence-corrected chi connectivity index (χ1v) is 13.1. The number of hydrogen-bond donors (Lipinski definition) is 4. The van der Waals surface area contributed by atoms with E-state index in [1.165, 1.54) is 0 Å². The second-order valence-electron chi connectivity index (χ2n) is 8.60. The average Bonchev–Trinajstić information content (AvgIpc) is 2.87. The maximum atomic E-state index is 6.27. The summed E-state index contributed by atoms with van der Waals surface area (Å²) in [5.41, 5.74) is 0. The molecule has 1 fully saturated rings. The zero-order valence-corrected chi connectivity index (χ0v) is 21.1. The number of nitrogens with one attached hydrogen (secondary N) is 4. The molecule has 0 aliphatic carbocycles. The third-order valence-corrected chi connectivity index (χ3v) is 5.81. The van der Waals surface area contributed by atoms with E-state index in [1.807, 2.05) is 24.3 Å². The minimum atomic E-state index is -0.275. The summed E-state index contributed by atoms with van der Waals surface area (Å²) in [4.78, 5) is 2.52. The van der Waals surface area contributed by atoms with Gasteiger partial charge in [-0.3, -0.25) is 5.32 Å². The standard InChI is InChI=1S/C25H45N5O5/c1-2-5-24-23(4-1)34-21-20-32-17-16-31-18-19-33-22-25(35-24)29-6-3-13-30-14-11-27-9-7-26-8-10-28-12-15-30/h1-2,4-5,25-29H,3,6-22H2. The van der Waals surface area contributed by atoms with E-state index in [9.17, 15) is 0 Å². The van der Waals surface area contributed by atoms with Crippen LogP contribution in [0.5, 0.6) is 11.5 Å². The Morgan fingerprint density at radius 1 is 0.743 bits per heavy atom. The lowest BCUT2D eigenvalue weighted by atomic mass is 10.3. The van der Waals surface area contributed by atoms with Gasteiger partial charge in [-0.1, -0.05) is 12.1 Å². The summed E-state index contributed by atoms with van der Waals surface area (Å²) < 4.78 is 29.1. The van der Waals surface area contributed by atoms with Crippen LogP contribution in [0.3, 0.4) is 0 Å². The van der Waals surface area contributed by atoms with E-state index >= 15 is 0 Å². The number of rotatable bonds is 5. The third kappa shape index (κ3) is 12.9. The normalized spacial score (nSPS) is 23.3. The van der Waals surface area contributed by atoms with Crippen LogP contribution in [0.15, 0.2) is 24.3 Å². The molecule has 1 saturated heterocycles. The molecule has 0 radical (unpaired) electrons. The van der Waals surface area contributed by atoms with Gasteiger partial charge in [-0.25, -0.2) is 0 Å². The van der Waals surface area contributed by atoms with Gasteiger partial charge in [-0.2, -0.15) is 0 Å². The first-order chi connectivity index (χ1) is 17.4. The number of nitrogens with zero attached hydrogens (tertiary/aromatic N) is 1. The van der Waals surface area contributed by atoms with Crippen molar-refractivity contribution in [2.45, 2.75) is 12.6 Å². The van der Waals surface area contributed by atoms with E-state index in [4.69, 9.17) is 23.7 Å². The first kappa shape index (κ1) is 28.1. The quantitative estimate of drug-likeness (QED) is 0.415. The number of benzene rings is 1. The Bertz CT molecular complexity index is 644. The van der Waals surface area contributed by atoms with E-state index in [0.29, 0.717) is 57.7 Å². The second-order valence-corrected chi connectivity index (χ2v) is 8.60. The van der Waals surface area contributed by atoms with Crippen LogP contribution in [-0.4, -0.2) is 123 Å². The van der Waals surface area contributed by atoms with Crippen molar-refractivity contribution in [2.24, 2.45) is 0 Å². The largest absolute Gasteiger partial charge is 0.487 e. The molecular weight excluding hydrogens is 450 g/mol. The van der Waals surface area contributed by atoms with Gasteiger partial charge in [0.2, 0.25) is 0 Å². The van der Waals surface area contributed by atoms with Gasteiger partial charge in [0.05, 0.1) is 39.6 Å². The highest BCUT2D eigenvalue weighted by atomic mass is 16.6. The van der Waals surface area contributed by atoms with Crippen LogP contribution >= 0.6 is 0 Å². The van der Waals surface area contributed by atoms with Crippen molar-refractivity contribution in [3.63, 3.8) is 0 Å². The van der Waals surface area contributed by atoms with E-state index in [2.05, 4.69) is 26.2 Å². The van der Waals surface area contributed by atoms with Gasteiger partial charge in [0.25, 0.3) is 0 Å². The Morgan fingerprint density at radius 3 is 2.06 bits per heavy atom. The fourth-order valence-electron chi connectivity index (χ4n) is 3.90. The number of fused-ring (bicyclic) bond motifs is 1.